The largest absolute Gasteiger partial charge is 0.483 e. The van der Waals surface area contributed by atoms with E-state index in [1.165, 1.54) is 54.8 Å². The lowest BCUT2D eigenvalue weighted by Gasteiger charge is -2.30. The van der Waals surface area contributed by atoms with Gasteiger partial charge in [0.25, 0.3) is 0 Å². The minimum absolute atomic E-state index is 0.0168. The number of halogens is 2. The summed E-state index contributed by atoms with van der Waals surface area (Å²) in [4.78, 5) is 13.3. The van der Waals surface area contributed by atoms with E-state index in [-0.39, 0.29) is 29.9 Å². The number of carbonyl (C=O) groups excluding carboxylic acids is 1. The number of carbonyl (C=O) groups is 1. The summed E-state index contributed by atoms with van der Waals surface area (Å²) in [6.45, 7) is 2.33. The first kappa shape index (κ1) is 22.9. The molecule has 2 aromatic heterocycles. The third-order valence-electron chi connectivity index (χ3n) is 6.93. The van der Waals surface area contributed by atoms with Gasteiger partial charge < -0.3 is 4.74 Å². The van der Waals surface area contributed by atoms with Crippen molar-refractivity contribution in [2.24, 2.45) is 17.8 Å². The van der Waals surface area contributed by atoms with Crippen LogP contribution in [-0.4, -0.2) is 26.3 Å². The van der Waals surface area contributed by atoms with E-state index in [4.69, 9.17) is 16.3 Å². The molecule has 4 atom stereocenters. The highest BCUT2D eigenvalue weighted by atomic mass is 35.5. The van der Waals surface area contributed by atoms with E-state index in [0.717, 1.165) is 11.8 Å². The molecule has 0 saturated heterocycles. The number of hydrogen-bond acceptors (Lipinski definition) is 6. The molecular formula is C24H25ClFN3O2S2. The van der Waals surface area contributed by atoms with E-state index in [1.54, 1.807) is 30.3 Å². The van der Waals surface area contributed by atoms with Gasteiger partial charge in [0.05, 0.1) is 15.0 Å². The minimum atomic E-state index is -0.403. The lowest BCUT2D eigenvalue weighted by atomic mass is 9.84. The molecule has 9 heteroatoms. The topological polar surface area (TPSA) is 57.0 Å². The summed E-state index contributed by atoms with van der Waals surface area (Å²) in [5, 5.41) is 9.49. The summed E-state index contributed by atoms with van der Waals surface area (Å²) in [5.41, 5.74) is 0. The molecule has 2 heterocycles. The van der Waals surface area contributed by atoms with Crippen molar-refractivity contribution >= 4 is 40.5 Å². The molecule has 33 heavy (non-hydrogen) atoms. The number of thioether (sulfide) groups is 1. The average Bonchev–Trinajstić information content (AvgIpc) is 3.60. The molecule has 2 saturated carbocycles. The molecular weight excluding hydrogens is 481 g/mol. The summed E-state index contributed by atoms with van der Waals surface area (Å²) in [5.74, 6) is 2.81. The van der Waals surface area contributed by atoms with Crippen LogP contribution in [0, 0.1) is 23.6 Å². The molecule has 2 fully saturated rings. The van der Waals surface area contributed by atoms with Gasteiger partial charge in [-0.05, 0) is 68.2 Å². The Morgan fingerprint density at radius 2 is 2.12 bits per heavy atom. The first-order valence-corrected chi connectivity index (χ1v) is 13.4. The van der Waals surface area contributed by atoms with Crippen LogP contribution in [0.1, 0.15) is 54.1 Å². The summed E-state index contributed by atoms with van der Waals surface area (Å²) < 4.78 is 22.5. The molecule has 0 amide bonds. The fraction of sp³-hybridized carbons (Fsp3) is 0.458. The molecule has 2 aliphatic rings. The Morgan fingerprint density at radius 3 is 2.82 bits per heavy atom. The van der Waals surface area contributed by atoms with Crippen LogP contribution in [0.4, 0.5) is 4.39 Å². The van der Waals surface area contributed by atoms with E-state index in [0.29, 0.717) is 26.1 Å². The number of fused-ring (bicyclic) bond motifs is 2. The van der Waals surface area contributed by atoms with Gasteiger partial charge in [0.1, 0.15) is 6.61 Å². The highest BCUT2D eigenvalue weighted by molar-refractivity contribution is 7.99. The zero-order valence-corrected chi connectivity index (χ0v) is 20.6. The van der Waals surface area contributed by atoms with Gasteiger partial charge in [-0.25, -0.2) is 4.39 Å². The maximum Gasteiger partial charge on any atom is 0.192 e. The number of benzene rings is 1. The smallest absolute Gasteiger partial charge is 0.192 e. The van der Waals surface area contributed by atoms with Crippen LogP contribution in [-0.2, 0) is 6.61 Å². The molecule has 4 unspecified atom stereocenters. The quantitative estimate of drug-likeness (QED) is 0.240. The highest BCUT2D eigenvalue weighted by Gasteiger charge is 2.43. The van der Waals surface area contributed by atoms with Gasteiger partial charge in [0.15, 0.2) is 28.3 Å². The number of ketones is 1. The van der Waals surface area contributed by atoms with Crippen molar-refractivity contribution in [3.63, 3.8) is 0 Å². The molecule has 0 N–H and O–H groups in total. The second-order valence-corrected chi connectivity index (χ2v) is 11.5. The Morgan fingerprint density at radius 1 is 1.27 bits per heavy atom. The number of nitrogens with zero attached hydrogens (tertiary/aromatic N) is 3. The van der Waals surface area contributed by atoms with Crippen LogP contribution >= 0.6 is 34.7 Å². The number of para-hydroxylation sites is 1. The van der Waals surface area contributed by atoms with Gasteiger partial charge in [0, 0.05) is 6.04 Å². The molecule has 174 valence electrons. The lowest BCUT2D eigenvalue weighted by Crippen LogP contribution is -2.24. The van der Waals surface area contributed by atoms with Crippen molar-refractivity contribution in [1.29, 1.82) is 0 Å². The Balaban J connectivity index is 1.36. The van der Waals surface area contributed by atoms with Crippen LogP contribution in [0.15, 0.2) is 41.6 Å². The van der Waals surface area contributed by atoms with Crippen molar-refractivity contribution < 1.29 is 13.9 Å². The molecule has 1 aromatic carbocycles. The van der Waals surface area contributed by atoms with Gasteiger partial charge in [-0.3, -0.25) is 9.36 Å². The van der Waals surface area contributed by atoms with E-state index in [9.17, 15) is 9.18 Å². The maximum atomic E-state index is 14.1. The first-order chi connectivity index (χ1) is 16.0. The molecule has 3 aromatic rings. The number of thiophene rings is 1. The van der Waals surface area contributed by atoms with E-state index in [2.05, 4.69) is 21.7 Å². The molecule has 2 aliphatic carbocycles. The maximum absolute atomic E-state index is 14.1. The Labute approximate surface area is 205 Å². The Bertz CT molecular complexity index is 1150. The van der Waals surface area contributed by atoms with E-state index >= 15 is 0 Å². The molecule has 0 spiro atoms. The van der Waals surface area contributed by atoms with E-state index < -0.39 is 5.82 Å². The number of aromatic nitrogens is 3. The van der Waals surface area contributed by atoms with Crippen molar-refractivity contribution in [3.05, 3.63) is 57.3 Å². The first-order valence-electron chi connectivity index (χ1n) is 11.2. The minimum Gasteiger partial charge on any atom is -0.483 e. The predicted octanol–water partition coefficient (Wildman–Crippen LogP) is 6.68. The Kier molecular flexibility index (Phi) is 6.77. The number of ether oxygens (including phenoxy) is 1. The summed E-state index contributed by atoms with van der Waals surface area (Å²) in [6, 6.07) is 10.0. The second kappa shape index (κ2) is 9.76. The fourth-order valence-electron chi connectivity index (χ4n) is 5.36. The third-order valence-corrected chi connectivity index (χ3v) is 9.14. The van der Waals surface area contributed by atoms with Gasteiger partial charge >= 0.3 is 0 Å². The summed E-state index contributed by atoms with van der Waals surface area (Å²) in [6.07, 6.45) is 5.13. The fourth-order valence-corrected chi connectivity index (χ4v) is 7.36. The Hall–Kier alpha value is -1.90. The van der Waals surface area contributed by atoms with Crippen molar-refractivity contribution in [1.82, 2.24) is 14.8 Å². The number of rotatable bonds is 9. The van der Waals surface area contributed by atoms with Crippen molar-refractivity contribution in [2.45, 2.75) is 50.4 Å². The van der Waals surface area contributed by atoms with Gasteiger partial charge in [-0.1, -0.05) is 41.9 Å². The molecule has 5 rings (SSSR count). The van der Waals surface area contributed by atoms with Gasteiger partial charge in [0.2, 0.25) is 0 Å². The van der Waals surface area contributed by atoms with Gasteiger partial charge in [-0.15, -0.1) is 21.5 Å². The van der Waals surface area contributed by atoms with Crippen LogP contribution in [0.25, 0.3) is 0 Å². The van der Waals surface area contributed by atoms with Crippen LogP contribution < -0.4 is 4.74 Å². The molecule has 5 nitrogen and oxygen atoms in total. The van der Waals surface area contributed by atoms with Crippen LogP contribution in [0.2, 0.25) is 4.34 Å². The number of hydrogen-bond donors (Lipinski definition) is 0. The summed E-state index contributed by atoms with van der Waals surface area (Å²) in [7, 11) is 0. The number of Topliss-reactive ketones (excluding diaryl/α,β-unsaturated/α-hetero) is 1. The second-order valence-electron chi connectivity index (χ2n) is 8.88. The third kappa shape index (κ3) is 4.84. The van der Waals surface area contributed by atoms with Crippen molar-refractivity contribution in [3.8, 4) is 5.75 Å². The lowest BCUT2D eigenvalue weighted by molar-refractivity contribution is 0.102. The van der Waals surface area contributed by atoms with Crippen LogP contribution in [0.3, 0.4) is 0 Å². The average molecular weight is 506 g/mol. The van der Waals surface area contributed by atoms with Crippen LogP contribution in [0.5, 0.6) is 5.75 Å². The molecule has 2 bridgehead atoms. The van der Waals surface area contributed by atoms with E-state index in [1.807, 2.05) is 0 Å². The molecule has 0 aliphatic heterocycles. The zero-order valence-electron chi connectivity index (χ0n) is 18.2. The predicted molar refractivity (Wildman–Crippen MR) is 129 cm³/mol. The monoisotopic (exact) mass is 505 g/mol. The summed E-state index contributed by atoms with van der Waals surface area (Å²) >= 11 is 8.66. The normalized spacial score (nSPS) is 22.6. The van der Waals surface area contributed by atoms with Crippen molar-refractivity contribution in [2.75, 3.05) is 5.75 Å². The highest BCUT2D eigenvalue weighted by Crippen LogP contribution is 2.52. The zero-order chi connectivity index (χ0) is 22.9. The molecule has 0 radical (unpaired) electrons. The SMILES string of the molecule is CC(C1CC2CCC1C2)n1c(COc2ccccc2F)nnc1SCC(=O)c1ccc(Cl)s1. The standard InChI is InChI=1S/C24H25ClFN3O2S2/c1-14(17-11-15-6-7-16(17)10-15)29-23(12-31-20-5-3-2-4-18(20)26)27-28-24(29)32-13-19(30)21-8-9-22(25)33-21/h2-5,8-9,14-17H,6-7,10-13H2,1H3. The van der Waals surface area contributed by atoms with Gasteiger partial charge in [-0.2, -0.15) is 0 Å².